The van der Waals surface area contributed by atoms with Crippen LogP contribution in [0.4, 0.5) is 0 Å². The Morgan fingerprint density at radius 3 is 2.27 bits per heavy atom. The molecule has 2 amide bonds. The van der Waals surface area contributed by atoms with E-state index in [0.29, 0.717) is 13.0 Å². The van der Waals surface area contributed by atoms with Gasteiger partial charge in [0.25, 0.3) is 0 Å². The maximum atomic E-state index is 13.1. The quantitative estimate of drug-likeness (QED) is 0.478. The monoisotopic (exact) mass is 490 g/mol. The summed E-state index contributed by atoms with van der Waals surface area (Å²) in [5.41, 5.74) is 1.90. The van der Waals surface area contributed by atoms with E-state index in [0.717, 1.165) is 21.5 Å². The van der Waals surface area contributed by atoms with Crippen molar-refractivity contribution in [2.24, 2.45) is 0 Å². The van der Waals surface area contributed by atoms with Gasteiger partial charge in [0.2, 0.25) is 11.8 Å². The van der Waals surface area contributed by atoms with E-state index < -0.39 is 6.04 Å². The molecule has 0 saturated heterocycles. The number of nitrogens with one attached hydrogen (secondary N) is 1. The summed E-state index contributed by atoms with van der Waals surface area (Å²) in [5, 5.41) is 2.99. The van der Waals surface area contributed by atoms with Crippen LogP contribution in [0.5, 0.6) is 0 Å². The van der Waals surface area contributed by atoms with Gasteiger partial charge in [-0.2, -0.15) is 11.8 Å². The highest BCUT2D eigenvalue weighted by atomic mass is 79.9. The van der Waals surface area contributed by atoms with Gasteiger partial charge in [0.15, 0.2) is 0 Å². The first-order valence-electron chi connectivity index (χ1n) is 10.1. The van der Waals surface area contributed by atoms with Crippen LogP contribution in [0.3, 0.4) is 0 Å². The van der Waals surface area contributed by atoms with Crippen molar-refractivity contribution in [3.63, 3.8) is 0 Å². The lowest BCUT2D eigenvalue weighted by Crippen LogP contribution is -2.52. The lowest BCUT2D eigenvalue weighted by atomic mass is 10.1. The predicted octanol–water partition coefficient (Wildman–Crippen LogP) is 5.40. The summed E-state index contributed by atoms with van der Waals surface area (Å²) in [5.74, 6) is 1.46. The molecule has 0 spiro atoms. The van der Waals surface area contributed by atoms with E-state index in [4.69, 9.17) is 0 Å². The Hall–Kier alpha value is -1.79. The number of rotatable bonds is 9. The van der Waals surface area contributed by atoms with Crippen molar-refractivity contribution in [3.05, 3.63) is 70.2 Å². The smallest absolute Gasteiger partial charge is 0.242 e. The summed E-state index contributed by atoms with van der Waals surface area (Å²) in [7, 11) is 0. The van der Waals surface area contributed by atoms with Gasteiger partial charge in [-0.15, -0.1) is 0 Å². The number of halogens is 1. The largest absolute Gasteiger partial charge is 0.350 e. The minimum Gasteiger partial charge on any atom is -0.350 e. The van der Waals surface area contributed by atoms with Crippen molar-refractivity contribution in [2.45, 2.75) is 58.0 Å². The van der Waals surface area contributed by atoms with E-state index in [2.05, 4.69) is 33.4 Å². The van der Waals surface area contributed by atoms with Crippen LogP contribution in [0.1, 0.15) is 45.2 Å². The average molecular weight is 491 g/mol. The second-order valence-electron chi connectivity index (χ2n) is 8.35. The van der Waals surface area contributed by atoms with Crippen LogP contribution >= 0.6 is 27.7 Å². The van der Waals surface area contributed by atoms with Crippen LogP contribution in [-0.4, -0.2) is 34.0 Å². The molecule has 0 radical (unpaired) electrons. The summed E-state index contributed by atoms with van der Waals surface area (Å²) < 4.78 is 0.986. The van der Waals surface area contributed by atoms with Crippen molar-refractivity contribution in [3.8, 4) is 0 Å². The number of thioether (sulfide) groups is 1. The second-order valence-corrected chi connectivity index (χ2v) is 10.4. The Balaban J connectivity index is 2.02. The van der Waals surface area contributed by atoms with Gasteiger partial charge in [-0.3, -0.25) is 9.59 Å². The fraction of sp³-hybridized carbons (Fsp3) is 0.417. The topological polar surface area (TPSA) is 49.4 Å². The fourth-order valence-electron chi connectivity index (χ4n) is 2.91. The van der Waals surface area contributed by atoms with E-state index in [1.807, 2.05) is 63.2 Å². The molecule has 0 aliphatic carbocycles. The van der Waals surface area contributed by atoms with Crippen LogP contribution in [0.25, 0.3) is 0 Å². The fourth-order valence-corrected chi connectivity index (χ4v) is 4.07. The highest BCUT2D eigenvalue weighted by Gasteiger charge is 2.28. The van der Waals surface area contributed by atoms with Crippen molar-refractivity contribution in [2.75, 3.05) is 5.75 Å². The number of benzene rings is 2. The zero-order valence-electron chi connectivity index (χ0n) is 18.2. The molecule has 0 saturated carbocycles. The Morgan fingerprint density at radius 2 is 1.67 bits per heavy atom. The molecule has 0 aliphatic rings. The molecule has 0 aromatic heterocycles. The zero-order valence-corrected chi connectivity index (χ0v) is 20.6. The predicted molar refractivity (Wildman–Crippen MR) is 129 cm³/mol. The number of amides is 2. The number of carbonyl (C=O) groups is 2. The number of nitrogens with zero attached hydrogens (tertiary/aromatic N) is 1. The highest BCUT2D eigenvalue weighted by molar-refractivity contribution is 9.10. The van der Waals surface area contributed by atoms with Gasteiger partial charge in [0.1, 0.15) is 6.04 Å². The molecule has 4 nitrogen and oxygen atoms in total. The molecule has 1 N–H and O–H groups in total. The molecule has 30 heavy (non-hydrogen) atoms. The summed E-state index contributed by atoms with van der Waals surface area (Å²) in [4.78, 5) is 27.5. The van der Waals surface area contributed by atoms with Gasteiger partial charge >= 0.3 is 0 Å². The van der Waals surface area contributed by atoms with Gasteiger partial charge in [-0.05, 0) is 51.0 Å². The van der Waals surface area contributed by atoms with Crippen molar-refractivity contribution in [1.29, 1.82) is 0 Å². The van der Waals surface area contributed by atoms with Crippen LogP contribution in [0, 0.1) is 0 Å². The molecule has 1 atom stereocenters. The van der Waals surface area contributed by atoms with E-state index in [1.165, 1.54) is 5.56 Å². The maximum Gasteiger partial charge on any atom is 0.242 e. The summed E-state index contributed by atoms with van der Waals surface area (Å²) in [6.07, 6.45) is 0.404. The highest BCUT2D eigenvalue weighted by Crippen LogP contribution is 2.18. The molecule has 0 bridgehead atoms. The van der Waals surface area contributed by atoms with E-state index >= 15 is 0 Å². The van der Waals surface area contributed by atoms with Gasteiger partial charge in [0.05, 0.1) is 0 Å². The van der Waals surface area contributed by atoms with Crippen LogP contribution in [0.2, 0.25) is 0 Å². The minimum atomic E-state index is -0.542. The molecule has 6 heteroatoms. The van der Waals surface area contributed by atoms with Crippen molar-refractivity contribution < 1.29 is 9.59 Å². The minimum absolute atomic E-state index is 0.00459. The normalized spacial score (nSPS) is 12.3. The summed E-state index contributed by atoms with van der Waals surface area (Å²) in [6, 6.07) is 17.5. The van der Waals surface area contributed by atoms with Gasteiger partial charge in [-0.1, -0.05) is 58.4 Å². The van der Waals surface area contributed by atoms with Crippen LogP contribution < -0.4 is 5.32 Å². The first-order valence-corrected chi connectivity index (χ1v) is 12.1. The van der Waals surface area contributed by atoms with Gasteiger partial charge in [-0.25, -0.2) is 0 Å². The lowest BCUT2D eigenvalue weighted by Gasteiger charge is -2.31. The van der Waals surface area contributed by atoms with E-state index in [9.17, 15) is 9.59 Å². The molecule has 2 aromatic rings. The average Bonchev–Trinajstić information content (AvgIpc) is 2.69. The zero-order chi connectivity index (χ0) is 22.1. The van der Waals surface area contributed by atoms with Crippen LogP contribution in [-0.2, 0) is 21.9 Å². The number of carbonyl (C=O) groups excluding carboxylic acids is 2. The second kappa shape index (κ2) is 11.6. The molecule has 162 valence electrons. The molecule has 2 aromatic carbocycles. The Labute approximate surface area is 192 Å². The first kappa shape index (κ1) is 24.5. The molecule has 0 aliphatic heterocycles. The van der Waals surface area contributed by atoms with E-state index in [-0.39, 0.29) is 17.4 Å². The molecular weight excluding hydrogens is 460 g/mol. The molecule has 0 heterocycles. The molecule has 0 fully saturated rings. The maximum absolute atomic E-state index is 13.1. The SMILES string of the molecule is C[C@@H](C(=O)NC(C)(C)C)N(Cc1ccc(Br)cc1)C(=O)CCSCc1ccccc1. The standard InChI is InChI=1S/C24H31BrN2O2S/c1-18(23(29)26-24(2,3)4)27(16-19-10-12-21(25)13-11-19)22(28)14-15-30-17-20-8-6-5-7-9-20/h5-13,18H,14-17H2,1-4H3,(H,26,29)/t18-/m0/s1. The van der Waals surface area contributed by atoms with Crippen LogP contribution in [0.15, 0.2) is 59.1 Å². The van der Waals surface area contributed by atoms with Gasteiger partial charge < -0.3 is 10.2 Å². The van der Waals surface area contributed by atoms with Crippen molar-refractivity contribution >= 4 is 39.5 Å². The summed E-state index contributed by atoms with van der Waals surface area (Å²) in [6.45, 7) is 8.04. The Morgan fingerprint density at radius 1 is 1.03 bits per heavy atom. The third-order valence-electron chi connectivity index (χ3n) is 4.50. The van der Waals surface area contributed by atoms with E-state index in [1.54, 1.807) is 23.6 Å². The van der Waals surface area contributed by atoms with Crippen molar-refractivity contribution in [1.82, 2.24) is 10.2 Å². The third-order valence-corrected chi connectivity index (χ3v) is 6.06. The molecular formula is C24H31BrN2O2S. The third kappa shape index (κ3) is 8.52. The Bertz CT molecular complexity index is 819. The van der Waals surface area contributed by atoms with Gasteiger partial charge in [0, 0.05) is 34.5 Å². The Kier molecular flexibility index (Phi) is 9.43. The number of hydrogen-bond donors (Lipinski definition) is 1. The first-order chi connectivity index (χ1) is 14.2. The molecule has 2 rings (SSSR count). The summed E-state index contributed by atoms with van der Waals surface area (Å²) >= 11 is 5.18. The molecule has 0 unspecified atom stereocenters. The lowest BCUT2D eigenvalue weighted by molar-refractivity contribution is -0.140. The number of hydrogen-bond acceptors (Lipinski definition) is 3.